The monoisotopic (exact) mass is 169 g/mol. The summed E-state index contributed by atoms with van der Waals surface area (Å²) in [6.07, 6.45) is 0. The Morgan fingerprint density at radius 2 is 2.08 bits per heavy atom. The quantitative estimate of drug-likeness (QED) is 0.621. The summed E-state index contributed by atoms with van der Waals surface area (Å²) < 4.78 is 1.73. The van der Waals surface area contributed by atoms with Gasteiger partial charge in [0.1, 0.15) is 0 Å². The predicted octanol–water partition coefficient (Wildman–Crippen LogP) is 0.199. The van der Waals surface area contributed by atoms with Gasteiger partial charge in [-0.1, -0.05) is 0 Å². The molecule has 5 nitrogen and oxygen atoms in total. The van der Waals surface area contributed by atoms with Crippen LogP contribution >= 0.6 is 0 Å². The molecular weight excluding hydrogens is 154 g/mol. The molecule has 0 atom stereocenters. The van der Waals surface area contributed by atoms with Crippen LogP contribution in [-0.2, 0) is 7.05 Å². The summed E-state index contributed by atoms with van der Waals surface area (Å²) in [6, 6.07) is 0. The number of anilines is 2. The minimum Gasteiger partial charge on any atom is -0.394 e. The van der Waals surface area contributed by atoms with E-state index in [0.29, 0.717) is 5.69 Å². The van der Waals surface area contributed by atoms with Gasteiger partial charge in [-0.3, -0.25) is 0 Å². The lowest BCUT2D eigenvalue weighted by atomic mass is 10.4. The van der Waals surface area contributed by atoms with Crippen LogP contribution in [0.5, 0.6) is 0 Å². The van der Waals surface area contributed by atoms with Gasteiger partial charge in [-0.05, 0) is 6.92 Å². The van der Waals surface area contributed by atoms with E-state index < -0.39 is 0 Å². The van der Waals surface area contributed by atoms with Crippen molar-refractivity contribution in [2.45, 2.75) is 6.92 Å². The highest BCUT2D eigenvalue weighted by Gasteiger charge is 2.09. The molecule has 0 amide bonds. The fraction of sp³-hybridized carbons (Fsp3) is 0.571. The van der Waals surface area contributed by atoms with Crippen LogP contribution in [0.3, 0.4) is 0 Å². The lowest BCUT2D eigenvalue weighted by molar-refractivity contribution is 0.486. The van der Waals surface area contributed by atoms with Crippen LogP contribution in [0.4, 0.5) is 11.5 Å². The zero-order valence-corrected chi connectivity index (χ0v) is 7.92. The first-order chi connectivity index (χ1) is 5.52. The Kier molecular flexibility index (Phi) is 2.23. The Morgan fingerprint density at radius 3 is 2.42 bits per heavy atom. The Labute approximate surface area is 72.1 Å². The van der Waals surface area contributed by atoms with Crippen molar-refractivity contribution in [2.24, 2.45) is 7.05 Å². The molecule has 0 unspecified atom stereocenters. The van der Waals surface area contributed by atoms with Crippen LogP contribution in [0, 0.1) is 6.92 Å². The highest BCUT2D eigenvalue weighted by molar-refractivity contribution is 5.63. The number of rotatable bonds is 2. The fourth-order valence-electron chi connectivity index (χ4n) is 1.02. The Bertz CT molecular complexity index is 276. The molecule has 0 spiro atoms. The number of nitrogens with zero attached hydrogens (tertiary/aromatic N) is 3. The molecule has 68 valence electrons. The molecule has 1 aromatic heterocycles. The van der Waals surface area contributed by atoms with Gasteiger partial charge in [-0.25, -0.2) is 9.69 Å². The summed E-state index contributed by atoms with van der Waals surface area (Å²) in [5, 5.41) is 5.99. The van der Waals surface area contributed by atoms with Crippen molar-refractivity contribution >= 4 is 11.5 Å². The standard InChI is InChI=1S/C7H15N5/c1-5-6(8)7(10-11(2)3)12(4)9-5/h10H,8H2,1-4H3. The SMILES string of the molecule is Cc1nn(C)c(NN(C)C)c1N. The average Bonchev–Trinajstić information content (AvgIpc) is 2.16. The summed E-state index contributed by atoms with van der Waals surface area (Å²) in [5.74, 6) is 0.831. The number of aryl methyl sites for hydroxylation is 2. The van der Waals surface area contributed by atoms with Gasteiger partial charge >= 0.3 is 0 Å². The van der Waals surface area contributed by atoms with E-state index in [4.69, 9.17) is 5.73 Å². The number of nitrogen functional groups attached to an aromatic ring is 1. The highest BCUT2D eigenvalue weighted by Crippen LogP contribution is 2.20. The second-order valence-electron chi connectivity index (χ2n) is 2.98. The molecule has 0 aliphatic carbocycles. The number of hydrogen-bond donors (Lipinski definition) is 2. The number of nitrogens with two attached hydrogens (primary N) is 1. The molecule has 0 saturated heterocycles. The van der Waals surface area contributed by atoms with Crippen molar-refractivity contribution in [1.82, 2.24) is 14.8 Å². The van der Waals surface area contributed by atoms with E-state index in [2.05, 4.69) is 10.5 Å². The third-order valence-corrected chi connectivity index (χ3v) is 1.60. The van der Waals surface area contributed by atoms with Crippen molar-refractivity contribution < 1.29 is 0 Å². The number of nitrogens with one attached hydrogen (secondary N) is 1. The zero-order chi connectivity index (χ0) is 9.30. The van der Waals surface area contributed by atoms with Crippen molar-refractivity contribution in [3.63, 3.8) is 0 Å². The van der Waals surface area contributed by atoms with Gasteiger partial charge in [-0.15, -0.1) is 0 Å². The summed E-state index contributed by atoms with van der Waals surface area (Å²) >= 11 is 0. The lowest BCUT2D eigenvalue weighted by Crippen LogP contribution is -2.22. The van der Waals surface area contributed by atoms with Gasteiger partial charge in [-0.2, -0.15) is 5.10 Å². The molecule has 0 aliphatic heterocycles. The number of aromatic nitrogens is 2. The Hall–Kier alpha value is -1.23. The first kappa shape index (κ1) is 8.86. The Balaban J connectivity index is 2.97. The first-order valence-corrected chi connectivity index (χ1v) is 3.75. The third-order valence-electron chi connectivity index (χ3n) is 1.60. The summed E-state index contributed by atoms with van der Waals surface area (Å²) in [7, 11) is 5.67. The molecule has 0 saturated carbocycles. The maximum absolute atomic E-state index is 5.78. The maximum atomic E-state index is 5.78. The molecular formula is C7H15N5. The Morgan fingerprint density at radius 1 is 1.50 bits per heavy atom. The second-order valence-corrected chi connectivity index (χ2v) is 2.98. The zero-order valence-electron chi connectivity index (χ0n) is 7.92. The van der Waals surface area contributed by atoms with E-state index in [9.17, 15) is 0 Å². The van der Waals surface area contributed by atoms with E-state index in [0.717, 1.165) is 11.5 Å². The van der Waals surface area contributed by atoms with Crippen LogP contribution in [0.25, 0.3) is 0 Å². The van der Waals surface area contributed by atoms with Gasteiger partial charge < -0.3 is 11.2 Å². The molecule has 0 radical (unpaired) electrons. The van der Waals surface area contributed by atoms with Crippen LogP contribution in [0.1, 0.15) is 5.69 Å². The van der Waals surface area contributed by atoms with Crippen molar-refractivity contribution in [3.8, 4) is 0 Å². The van der Waals surface area contributed by atoms with Gasteiger partial charge in [0.15, 0.2) is 5.82 Å². The molecule has 0 fully saturated rings. The van der Waals surface area contributed by atoms with E-state index in [1.54, 1.807) is 4.68 Å². The van der Waals surface area contributed by atoms with Crippen LogP contribution < -0.4 is 11.2 Å². The van der Waals surface area contributed by atoms with Crippen LogP contribution in [-0.4, -0.2) is 28.9 Å². The van der Waals surface area contributed by atoms with Crippen molar-refractivity contribution in [2.75, 3.05) is 25.3 Å². The minimum absolute atomic E-state index is 0.700. The normalized spacial score (nSPS) is 10.8. The van der Waals surface area contributed by atoms with Crippen LogP contribution in [0.2, 0.25) is 0 Å². The predicted molar refractivity (Wildman–Crippen MR) is 49.7 cm³/mol. The van der Waals surface area contributed by atoms with Gasteiger partial charge in [0.25, 0.3) is 0 Å². The molecule has 3 N–H and O–H groups in total. The van der Waals surface area contributed by atoms with Crippen molar-refractivity contribution in [1.29, 1.82) is 0 Å². The molecule has 0 aromatic carbocycles. The topological polar surface area (TPSA) is 59.1 Å². The minimum atomic E-state index is 0.700. The maximum Gasteiger partial charge on any atom is 0.162 e. The lowest BCUT2D eigenvalue weighted by Gasteiger charge is -2.13. The number of hydrogen-bond acceptors (Lipinski definition) is 4. The first-order valence-electron chi connectivity index (χ1n) is 3.75. The molecule has 5 heteroatoms. The van der Waals surface area contributed by atoms with E-state index in [-0.39, 0.29) is 0 Å². The summed E-state index contributed by atoms with van der Waals surface area (Å²) in [4.78, 5) is 0. The second kappa shape index (κ2) is 3.02. The number of hydrazine groups is 1. The van der Waals surface area contributed by atoms with E-state index >= 15 is 0 Å². The third kappa shape index (κ3) is 1.50. The summed E-state index contributed by atoms with van der Waals surface area (Å²) in [6.45, 7) is 1.89. The fourth-order valence-corrected chi connectivity index (χ4v) is 1.02. The van der Waals surface area contributed by atoms with Crippen LogP contribution in [0.15, 0.2) is 0 Å². The molecule has 1 heterocycles. The molecule has 1 rings (SSSR count). The largest absolute Gasteiger partial charge is 0.394 e. The summed E-state index contributed by atoms with van der Waals surface area (Å²) in [5.41, 5.74) is 10.4. The smallest absolute Gasteiger partial charge is 0.162 e. The average molecular weight is 169 g/mol. The van der Waals surface area contributed by atoms with Gasteiger partial charge in [0.2, 0.25) is 0 Å². The molecule has 0 bridgehead atoms. The van der Waals surface area contributed by atoms with Crippen molar-refractivity contribution in [3.05, 3.63) is 5.69 Å². The van der Waals surface area contributed by atoms with Gasteiger partial charge in [0.05, 0.1) is 11.4 Å². The molecule has 1 aromatic rings. The highest BCUT2D eigenvalue weighted by atomic mass is 15.5. The van der Waals surface area contributed by atoms with E-state index in [1.165, 1.54) is 0 Å². The van der Waals surface area contributed by atoms with E-state index in [1.807, 2.05) is 33.1 Å². The molecule has 0 aliphatic rings. The van der Waals surface area contributed by atoms with Gasteiger partial charge in [0, 0.05) is 21.1 Å². The molecule has 12 heavy (non-hydrogen) atoms.